The zero-order chi connectivity index (χ0) is 24.6. The van der Waals surface area contributed by atoms with E-state index >= 15 is 0 Å². The van der Waals surface area contributed by atoms with Crippen LogP contribution in [0.1, 0.15) is 93.6 Å². The summed E-state index contributed by atoms with van der Waals surface area (Å²) in [5.74, 6) is -0.322. The van der Waals surface area contributed by atoms with E-state index in [0.29, 0.717) is 11.6 Å². The molecule has 186 valence electrons. The summed E-state index contributed by atoms with van der Waals surface area (Å²) in [4.78, 5) is 29.2. The summed E-state index contributed by atoms with van der Waals surface area (Å²) in [6.07, 6.45) is 6.62. The second-order valence-electron chi connectivity index (χ2n) is 11.3. The maximum atomic E-state index is 13.9. The first kappa shape index (κ1) is 26.4. The Morgan fingerprint density at radius 1 is 1.06 bits per heavy atom. The van der Waals surface area contributed by atoms with Crippen molar-refractivity contribution >= 4 is 36.3 Å². The minimum atomic E-state index is -2.58. The molecule has 2 aliphatic rings. The first-order valence-corrected chi connectivity index (χ1v) is 15.5. The van der Waals surface area contributed by atoms with Crippen LogP contribution in [-0.2, 0) is 19.3 Å². The number of amides is 1. The zero-order valence-electron chi connectivity index (χ0n) is 20.9. The maximum Gasteiger partial charge on any atom is 0.348 e. The fourth-order valence-corrected chi connectivity index (χ4v) is 7.02. The van der Waals surface area contributed by atoms with Gasteiger partial charge in [-0.2, -0.15) is 0 Å². The Morgan fingerprint density at radius 2 is 1.64 bits per heavy atom. The van der Waals surface area contributed by atoms with E-state index in [9.17, 15) is 19.3 Å². The van der Waals surface area contributed by atoms with Crippen molar-refractivity contribution in [3.63, 3.8) is 0 Å². The molecule has 33 heavy (non-hydrogen) atoms. The molecule has 0 atom stereocenters. The highest BCUT2D eigenvalue weighted by Gasteiger charge is 2.38. The van der Waals surface area contributed by atoms with Crippen molar-refractivity contribution in [2.45, 2.75) is 96.6 Å². The van der Waals surface area contributed by atoms with E-state index in [1.54, 1.807) is 13.3 Å². The van der Waals surface area contributed by atoms with Crippen molar-refractivity contribution in [1.82, 2.24) is 0 Å². The highest BCUT2D eigenvalue weighted by molar-refractivity contribution is 7.57. The molecule has 0 bridgehead atoms. The molecule has 2 saturated carbocycles. The molecule has 6 nitrogen and oxygen atoms in total. The summed E-state index contributed by atoms with van der Waals surface area (Å²) >= 11 is 1.28. The van der Waals surface area contributed by atoms with Crippen LogP contribution in [0.4, 0.5) is 5.69 Å². The molecule has 1 aromatic rings. The van der Waals surface area contributed by atoms with Crippen LogP contribution in [0.5, 0.6) is 0 Å². The molecule has 0 spiro atoms. The Morgan fingerprint density at radius 3 is 2.12 bits per heavy atom. The molecule has 0 aromatic carbocycles. The Labute approximate surface area is 202 Å². The van der Waals surface area contributed by atoms with E-state index in [1.807, 2.05) is 11.0 Å². The number of carbonyl (C=O) groups excluding carboxylic acids is 1. The van der Waals surface area contributed by atoms with Gasteiger partial charge in [0, 0.05) is 30.2 Å². The average molecular weight is 498 g/mol. The SMILES string of the molecule is CC(C)(C)c1cc(N(C(=O)[C@H]2CC[C@H](C)CC2)[C@H]2CC[C@@H](OP(C)(C)=O)CC2)c(C(=O)O)s1. The molecule has 1 aromatic heterocycles. The molecule has 2 aliphatic carbocycles. The molecular weight excluding hydrogens is 457 g/mol. The lowest BCUT2D eigenvalue weighted by Crippen LogP contribution is -2.47. The summed E-state index contributed by atoms with van der Waals surface area (Å²) < 4.78 is 17.9. The van der Waals surface area contributed by atoms with Crippen molar-refractivity contribution < 1.29 is 23.8 Å². The van der Waals surface area contributed by atoms with Gasteiger partial charge in [0.1, 0.15) is 4.88 Å². The molecular formula is C25H40NO5PS. The summed E-state index contributed by atoms with van der Waals surface area (Å²) in [5.41, 5.74) is 0.360. The van der Waals surface area contributed by atoms with E-state index in [2.05, 4.69) is 27.7 Å². The Bertz CT molecular complexity index is 898. The summed E-state index contributed by atoms with van der Waals surface area (Å²) in [7, 11) is -2.58. The van der Waals surface area contributed by atoms with Crippen LogP contribution in [0, 0.1) is 11.8 Å². The third kappa shape index (κ3) is 6.70. The van der Waals surface area contributed by atoms with E-state index in [1.165, 1.54) is 11.3 Å². The molecule has 1 heterocycles. The van der Waals surface area contributed by atoms with Gasteiger partial charge in [-0.3, -0.25) is 9.36 Å². The van der Waals surface area contributed by atoms with Gasteiger partial charge in [-0.15, -0.1) is 11.3 Å². The van der Waals surface area contributed by atoms with Crippen LogP contribution in [0.25, 0.3) is 0 Å². The van der Waals surface area contributed by atoms with E-state index in [4.69, 9.17) is 4.52 Å². The monoisotopic (exact) mass is 497 g/mol. The van der Waals surface area contributed by atoms with Gasteiger partial charge >= 0.3 is 5.97 Å². The minimum absolute atomic E-state index is 0.0543. The van der Waals surface area contributed by atoms with Crippen LogP contribution in [0.2, 0.25) is 0 Å². The Hall–Kier alpha value is -1.17. The van der Waals surface area contributed by atoms with Crippen molar-refractivity contribution in [2.75, 3.05) is 18.2 Å². The van der Waals surface area contributed by atoms with Gasteiger partial charge in [-0.05, 0) is 68.8 Å². The first-order chi connectivity index (χ1) is 15.3. The van der Waals surface area contributed by atoms with Gasteiger partial charge in [-0.1, -0.05) is 27.7 Å². The summed E-state index contributed by atoms with van der Waals surface area (Å²) in [5, 5.41) is 10.0. The number of hydrogen-bond acceptors (Lipinski definition) is 5. The molecule has 8 heteroatoms. The van der Waals surface area contributed by atoms with E-state index in [-0.39, 0.29) is 34.3 Å². The number of aromatic carboxylic acids is 1. The number of rotatable bonds is 6. The molecule has 0 aliphatic heterocycles. The lowest BCUT2D eigenvalue weighted by Gasteiger charge is -2.39. The number of carboxylic acids is 1. The van der Waals surface area contributed by atoms with Gasteiger partial charge < -0.3 is 14.5 Å². The number of nitrogens with zero attached hydrogens (tertiary/aromatic N) is 1. The van der Waals surface area contributed by atoms with Crippen molar-refractivity contribution in [3.05, 3.63) is 15.8 Å². The number of carbonyl (C=O) groups is 2. The van der Waals surface area contributed by atoms with E-state index in [0.717, 1.165) is 56.2 Å². The molecule has 0 saturated heterocycles. The molecule has 1 N–H and O–H groups in total. The normalized spacial score (nSPS) is 26.7. The third-order valence-corrected chi connectivity index (χ3v) is 9.26. The van der Waals surface area contributed by atoms with Crippen LogP contribution in [0.15, 0.2) is 6.07 Å². The maximum absolute atomic E-state index is 13.9. The van der Waals surface area contributed by atoms with E-state index < -0.39 is 13.3 Å². The van der Waals surface area contributed by atoms with Crippen LogP contribution < -0.4 is 4.90 Å². The lowest BCUT2D eigenvalue weighted by atomic mass is 9.81. The van der Waals surface area contributed by atoms with Gasteiger partial charge in [0.05, 0.1) is 11.8 Å². The van der Waals surface area contributed by atoms with Gasteiger partial charge in [0.25, 0.3) is 0 Å². The molecule has 0 radical (unpaired) electrons. The average Bonchev–Trinajstić information content (AvgIpc) is 3.14. The zero-order valence-corrected chi connectivity index (χ0v) is 22.6. The smallest absolute Gasteiger partial charge is 0.348 e. The summed E-state index contributed by atoms with van der Waals surface area (Å²) in [6, 6.07) is 1.87. The second-order valence-corrected chi connectivity index (χ2v) is 15.1. The summed E-state index contributed by atoms with van der Waals surface area (Å²) in [6.45, 7) is 11.7. The minimum Gasteiger partial charge on any atom is -0.477 e. The van der Waals surface area contributed by atoms with Crippen LogP contribution in [-0.4, -0.2) is 42.5 Å². The molecule has 3 rings (SSSR count). The third-order valence-electron chi connectivity index (χ3n) is 6.92. The largest absolute Gasteiger partial charge is 0.477 e. The second kappa shape index (κ2) is 10.2. The highest BCUT2D eigenvalue weighted by Crippen LogP contribution is 2.45. The van der Waals surface area contributed by atoms with Gasteiger partial charge in [0.2, 0.25) is 5.91 Å². The number of hydrogen-bond donors (Lipinski definition) is 1. The van der Waals surface area contributed by atoms with Crippen molar-refractivity contribution in [1.29, 1.82) is 0 Å². The molecule has 2 fully saturated rings. The van der Waals surface area contributed by atoms with Crippen LogP contribution in [0.3, 0.4) is 0 Å². The van der Waals surface area contributed by atoms with Crippen molar-refractivity contribution in [2.24, 2.45) is 11.8 Å². The number of thiophene rings is 1. The van der Waals surface area contributed by atoms with Crippen molar-refractivity contribution in [3.8, 4) is 0 Å². The molecule has 1 amide bonds. The van der Waals surface area contributed by atoms with Crippen LogP contribution >= 0.6 is 18.7 Å². The topological polar surface area (TPSA) is 83.9 Å². The number of carboxylic acid groups (broad SMARTS) is 1. The number of anilines is 1. The quantitative estimate of drug-likeness (QED) is 0.439. The lowest BCUT2D eigenvalue weighted by molar-refractivity contribution is -0.124. The molecule has 0 unspecified atom stereocenters. The predicted molar refractivity (Wildman–Crippen MR) is 135 cm³/mol. The first-order valence-electron chi connectivity index (χ1n) is 12.2. The fraction of sp³-hybridized carbons (Fsp3) is 0.760. The van der Waals surface area contributed by atoms with Gasteiger partial charge in [-0.25, -0.2) is 4.79 Å². The standard InChI is InChI=1S/C25H40NO5PS/c1-16-7-9-17(10-8-16)23(27)26(18-11-13-19(14-12-18)31-32(5,6)30)20-15-21(25(2,3)4)33-22(20)24(28)29/h15-19H,7-14H2,1-6H3,(H,28,29)/t16-,17-,18-,19+. The Kier molecular flexibility index (Phi) is 8.18. The Balaban J connectivity index is 1.94. The highest BCUT2D eigenvalue weighted by atomic mass is 32.1. The fourth-order valence-electron chi connectivity index (χ4n) is 5.05. The predicted octanol–water partition coefficient (Wildman–Crippen LogP) is 6.77. The van der Waals surface area contributed by atoms with Gasteiger partial charge in [0.15, 0.2) is 7.37 Å².